The molecule has 3 N–H and O–H groups in total. The third kappa shape index (κ3) is 3.25. The zero-order chi connectivity index (χ0) is 14.6. The van der Waals surface area contributed by atoms with Crippen molar-refractivity contribution in [1.82, 2.24) is 5.32 Å². The summed E-state index contributed by atoms with van der Waals surface area (Å²) in [4.78, 5) is 0. The zero-order valence-corrected chi connectivity index (χ0v) is 12.4. The van der Waals surface area contributed by atoms with Crippen LogP contribution < -0.4 is 10.1 Å². The monoisotopic (exact) mass is 279 g/mol. The highest BCUT2D eigenvalue weighted by atomic mass is 16.5. The highest BCUT2D eigenvalue weighted by Gasteiger charge is 2.37. The highest BCUT2D eigenvalue weighted by molar-refractivity contribution is 5.39. The van der Waals surface area contributed by atoms with Crippen LogP contribution in [-0.2, 0) is 6.54 Å². The van der Waals surface area contributed by atoms with Crippen molar-refractivity contribution in [3.8, 4) is 11.5 Å². The highest BCUT2D eigenvalue weighted by Crippen LogP contribution is 2.37. The zero-order valence-electron chi connectivity index (χ0n) is 12.4. The van der Waals surface area contributed by atoms with Crippen LogP contribution in [0.3, 0.4) is 0 Å². The first-order valence-corrected chi connectivity index (χ1v) is 7.38. The largest absolute Gasteiger partial charge is 0.508 e. The predicted octanol–water partition coefficient (Wildman–Crippen LogP) is 2.43. The lowest BCUT2D eigenvalue weighted by Gasteiger charge is -2.30. The molecular formula is C16H25NO3. The third-order valence-electron chi connectivity index (χ3n) is 4.34. The molecule has 0 spiro atoms. The molecule has 1 aromatic rings. The average molecular weight is 279 g/mol. The Morgan fingerprint density at radius 2 is 2.25 bits per heavy atom. The topological polar surface area (TPSA) is 61.7 Å². The van der Waals surface area contributed by atoms with Crippen LogP contribution in [0.2, 0.25) is 0 Å². The van der Waals surface area contributed by atoms with Gasteiger partial charge in [0.1, 0.15) is 11.5 Å². The van der Waals surface area contributed by atoms with E-state index in [0.717, 1.165) is 30.6 Å². The van der Waals surface area contributed by atoms with Gasteiger partial charge in [-0.25, -0.2) is 0 Å². The summed E-state index contributed by atoms with van der Waals surface area (Å²) in [5, 5.41) is 22.9. The lowest BCUT2D eigenvalue weighted by atomic mass is 9.85. The van der Waals surface area contributed by atoms with Crippen molar-refractivity contribution in [1.29, 1.82) is 0 Å². The molecule has 0 amide bonds. The molecule has 4 heteroatoms. The number of hydrogen-bond donors (Lipinski definition) is 3. The number of hydrogen-bond acceptors (Lipinski definition) is 4. The van der Waals surface area contributed by atoms with Crippen LogP contribution in [-0.4, -0.2) is 29.5 Å². The van der Waals surface area contributed by atoms with E-state index in [1.807, 2.05) is 13.0 Å². The molecular weight excluding hydrogens is 254 g/mol. The Labute approximate surface area is 120 Å². The van der Waals surface area contributed by atoms with Gasteiger partial charge in [-0.05, 0) is 38.0 Å². The Bertz CT molecular complexity index is 449. The Balaban J connectivity index is 2.01. The minimum atomic E-state index is -0.0485. The molecule has 0 bridgehead atoms. The number of ether oxygens (including phenoxy) is 1. The number of aliphatic hydroxyl groups excluding tert-OH is 1. The summed E-state index contributed by atoms with van der Waals surface area (Å²) in [5.41, 5.74) is 0.788. The van der Waals surface area contributed by atoms with Crippen molar-refractivity contribution in [3.05, 3.63) is 23.8 Å². The fourth-order valence-corrected chi connectivity index (χ4v) is 2.96. The molecule has 0 radical (unpaired) electrons. The maximum absolute atomic E-state index is 9.92. The number of phenols is 1. The van der Waals surface area contributed by atoms with Gasteiger partial charge in [-0.2, -0.15) is 0 Å². The van der Waals surface area contributed by atoms with Gasteiger partial charge < -0.3 is 20.3 Å². The number of nitrogens with one attached hydrogen (secondary N) is 1. The SMILES string of the molecule is CCOc1ccc(O)c(CNC2CCCC2(C)CO)c1. The van der Waals surface area contributed by atoms with E-state index in [2.05, 4.69) is 12.2 Å². The van der Waals surface area contributed by atoms with E-state index in [1.165, 1.54) is 0 Å². The molecule has 20 heavy (non-hydrogen) atoms. The molecule has 2 atom stereocenters. The molecule has 4 nitrogen and oxygen atoms in total. The van der Waals surface area contributed by atoms with E-state index in [1.54, 1.807) is 12.1 Å². The van der Waals surface area contributed by atoms with E-state index in [-0.39, 0.29) is 17.8 Å². The molecule has 2 rings (SSSR count). The van der Waals surface area contributed by atoms with Gasteiger partial charge in [0.05, 0.1) is 6.61 Å². The number of aromatic hydroxyl groups is 1. The molecule has 2 unspecified atom stereocenters. The minimum absolute atomic E-state index is 0.0485. The molecule has 0 aromatic heterocycles. The standard InChI is InChI=1S/C16H25NO3/c1-3-20-13-6-7-14(19)12(9-13)10-17-15-5-4-8-16(15,2)11-18/h6-7,9,15,17-19H,3-5,8,10-11H2,1-2H3. The molecule has 0 saturated heterocycles. The molecule has 112 valence electrons. The molecule has 1 fully saturated rings. The Morgan fingerprint density at radius 1 is 1.45 bits per heavy atom. The molecule has 0 heterocycles. The second kappa shape index (κ2) is 6.46. The summed E-state index contributed by atoms with van der Waals surface area (Å²) in [6.07, 6.45) is 3.26. The number of rotatable bonds is 6. The summed E-state index contributed by atoms with van der Waals surface area (Å²) in [5.74, 6) is 1.06. The van der Waals surface area contributed by atoms with Gasteiger partial charge >= 0.3 is 0 Å². The Hall–Kier alpha value is -1.26. The molecule has 0 aliphatic heterocycles. The molecule has 1 aliphatic carbocycles. The average Bonchev–Trinajstić information content (AvgIpc) is 2.82. The van der Waals surface area contributed by atoms with Crippen LogP contribution in [0.15, 0.2) is 18.2 Å². The van der Waals surface area contributed by atoms with E-state index in [4.69, 9.17) is 4.74 Å². The van der Waals surface area contributed by atoms with Crippen molar-refractivity contribution >= 4 is 0 Å². The van der Waals surface area contributed by atoms with Gasteiger partial charge in [-0.1, -0.05) is 13.3 Å². The van der Waals surface area contributed by atoms with Crippen molar-refractivity contribution < 1.29 is 14.9 Å². The Kier molecular flexibility index (Phi) is 4.89. The summed E-state index contributed by atoms with van der Waals surface area (Å²) in [6.45, 7) is 5.47. The Morgan fingerprint density at radius 3 is 2.95 bits per heavy atom. The van der Waals surface area contributed by atoms with Crippen molar-refractivity contribution in [2.75, 3.05) is 13.2 Å². The van der Waals surface area contributed by atoms with E-state index < -0.39 is 0 Å². The maximum Gasteiger partial charge on any atom is 0.120 e. The van der Waals surface area contributed by atoms with E-state index in [9.17, 15) is 10.2 Å². The fraction of sp³-hybridized carbons (Fsp3) is 0.625. The molecule has 1 saturated carbocycles. The van der Waals surface area contributed by atoms with Gasteiger partial charge in [0.15, 0.2) is 0 Å². The summed E-state index contributed by atoms with van der Waals surface area (Å²) >= 11 is 0. The first-order valence-electron chi connectivity index (χ1n) is 7.38. The van der Waals surface area contributed by atoms with Crippen LogP contribution in [0.4, 0.5) is 0 Å². The predicted molar refractivity (Wildman–Crippen MR) is 78.9 cm³/mol. The normalized spacial score (nSPS) is 25.9. The van der Waals surface area contributed by atoms with Crippen LogP contribution in [0.25, 0.3) is 0 Å². The molecule has 1 aromatic carbocycles. The lowest BCUT2D eigenvalue weighted by Crippen LogP contribution is -2.41. The smallest absolute Gasteiger partial charge is 0.120 e. The summed E-state index contributed by atoms with van der Waals surface area (Å²) in [6, 6.07) is 5.61. The van der Waals surface area contributed by atoms with E-state index >= 15 is 0 Å². The number of phenolic OH excluding ortho intramolecular Hbond substituents is 1. The van der Waals surface area contributed by atoms with Crippen molar-refractivity contribution in [3.63, 3.8) is 0 Å². The summed E-state index contributed by atoms with van der Waals surface area (Å²) < 4.78 is 5.46. The second-order valence-corrected chi connectivity index (χ2v) is 5.86. The first kappa shape index (κ1) is 15.1. The third-order valence-corrected chi connectivity index (χ3v) is 4.34. The van der Waals surface area contributed by atoms with Crippen molar-refractivity contribution in [2.45, 2.75) is 45.7 Å². The second-order valence-electron chi connectivity index (χ2n) is 5.86. The van der Waals surface area contributed by atoms with Crippen LogP contribution in [0.5, 0.6) is 11.5 Å². The van der Waals surface area contributed by atoms with Crippen LogP contribution in [0, 0.1) is 5.41 Å². The first-order chi connectivity index (χ1) is 9.59. The van der Waals surface area contributed by atoms with Gasteiger partial charge in [0, 0.05) is 30.2 Å². The lowest BCUT2D eigenvalue weighted by molar-refractivity contribution is 0.118. The van der Waals surface area contributed by atoms with Crippen molar-refractivity contribution in [2.24, 2.45) is 5.41 Å². The maximum atomic E-state index is 9.92. The molecule has 1 aliphatic rings. The van der Waals surface area contributed by atoms with Gasteiger partial charge in [-0.15, -0.1) is 0 Å². The van der Waals surface area contributed by atoms with E-state index in [0.29, 0.717) is 19.2 Å². The number of benzene rings is 1. The minimum Gasteiger partial charge on any atom is -0.508 e. The van der Waals surface area contributed by atoms with Crippen LogP contribution in [0.1, 0.15) is 38.7 Å². The van der Waals surface area contributed by atoms with Gasteiger partial charge in [-0.3, -0.25) is 0 Å². The fourth-order valence-electron chi connectivity index (χ4n) is 2.96. The quantitative estimate of drug-likeness (QED) is 0.748. The summed E-state index contributed by atoms with van der Waals surface area (Å²) in [7, 11) is 0. The van der Waals surface area contributed by atoms with Gasteiger partial charge in [0.25, 0.3) is 0 Å². The van der Waals surface area contributed by atoms with Gasteiger partial charge in [0.2, 0.25) is 0 Å². The van der Waals surface area contributed by atoms with Crippen LogP contribution >= 0.6 is 0 Å². The number of aliphatic hydroxyl groups is 1.